The van der Waals surface area contributed by atoms with Crippen molar-refractivity contribution < 1.29 is 13.9 Å². The van der Waals surface area contributed by atoms with Gasteiger partial charge in [-0.3, -0.25) is 4.79 Å². The summed E-state index contributed by atoms with van der Waals surface area (Å²) in [6, 6.07) is 3.46. The van der Waals surface area contributed by atoms with Gasteiger partial charge < -0.3 is 14.1 Å². The number of furan rings is 1. The Kier molecular flexibility index (Phi) is 4.87. The molecule has 0 saturated carbocycles. The summed E-state index contributed by atoms with van der Waals surface area (Å²) in [6.45, 7) is 7.14. The van der Waals surface area contributed by atoms with Crippen molar-refractivity contribution in [2.75, 3.05) is 19.8 Å². The molecule has 128 valence electrons. The van der Waals surface area contributed by atoms with Gasteiger partial charge in [0.25, 0.3) is 5.91 Å². The third kappa shape index (κ3) is 3.30. The van der Waals surface area contributed by atoms with Crippen molar-refractivity contribution in [1.29, 1.82) is 0 Å². The Bertz CT molecular complexity index is 744. The maximum atomic E-state index is 13.0. The first-order valence-electron chi connectivity index (χ1n) is 7.95. The number of carbonyl (C=O) groups excluding carboxylic acids is 1. The molecule has 2 aromatic rings. The van der Waals surface area contributed by atoms with Gasteiger partial charge in [0.2, 0.25) is 0 Å². The lowest BCUT2D eigenvalue weighted by atomic mass is 10.1. The van der Waals surface area contributed by atoms with Crippen LogP contribution < -0.4 is 0 Å². The van der Waals surface area contributed by atoms with Crippen LogP contribution in [0.25, 0.3) is 0 Å². The summed E-state index contributed by atoms with van der Waals surface area (Å²) >= 11 is 6.19. The fraction of sp³-hybridized carbons (Fsp3) is 0.471. The maximum Gasteiger partial charge on any atom is 0.274 e. The predicted molar refractivity (Wildman–Crippen MR) is 89.2 cm³/mol. The van der Waals surface area contributed by atoms with Crippen LogP contribution in [0, 0.1) is 6.92 Å². The van der Waals surface area contributed by atoms with E-state index < -0.39 is 0 Å². The standard InChI is InChI=1S/C17H20ClN3O3/c1-10(2)16-19-8-12(18)15(20-16)17(22)21-6-7-23-9-13(21)14-5-4-11(3)24-14/h4-5,8,10,13H,6-7,9H2,1-3H3. The Morgan fingerprint density at radius 1 is 1.42 bits per heavy atom. The van der Waals surface area contributed by atoms with Gasteiger partial charge in [-0.05, 0) is 19.1 Å². The number of carbonyl (C=O) groups is 1. The minimum Gasteiger partial charge on any atom is -0.464 e. The predicted octanol–water partition coefficient (Wildman–Crippen LogP) is 3.37. The van der Waals surface area contributed by atoms with E-state index in [2.05, 4.69) is 9.97 Å². The van der Waals surface area contributed by atoms with Gasteiger partial charge in [0.05, 0.1) is 24.4 Å². The van der Waals surface area contributed by atoms with Gasteiger partial charge in [-0.1, -0.05) is 25.4 Å². The second-order valence-electron chi connectivity index (χ2n) is 6.12. The molecule has 6 nitrogen and oxygen atoms in total. The van der Waals surface area contributed by atoms with Crippen molar-refractivity contribution >= 4 is 17.5 Å². The molecule has 3 rings (SSSR count). The first-order chi connectivity index (χ1) is 11.5. The lowest BCUT2D eigenvalue weighted by Gasteiger charge is -2.34. The van der Waals surface area contributed by atoms with Crippen molar-refractivity contribution in [2.45, 2.75) is 32.7 Å². The van der Waals surface area contributed by atoms with Crippen molar-refractivity contribution in [3.05, 3.63) is 46.4 Å². The molecule has 7 heteroatoms. The van der Waals surface area contributed by atoms with Crippen molar-refractivity contribution in [1.82, 2.24) is 14.9 Å². The number of amides is 1. The lowest BCUT2D eigenvalue weighted by molar-refractivity contribution is -0.00926. The van der Waals surface area contributed by atoms with Gasteiger partial charge in [-0.15, -0.1) is 0 Å². The van der Waals surface area contributed by atoms with E-state index in [9.17, 15) is 4.79 Å². The van der Waals surface area contributed by atoms with Gasteiger partial charge in [0, 0.05) is 12.5 Å². The van der Waals surface area contributed by atoms with Crippen LogP contribution >= 0.6 is 11.6 Å². The molecule has 1 unspecified atom stereocenters. The fourth-order valence-corrected chi connectivity index (χ4v) is 2.83. The maximum absolute atomic E-state index is 13.0. The topological polar surface area (TPSA) is 68.5 Å². The van der Waals surface area contributed by atoms with Crippen LogP contribution in [0.15, 0.2) is 22.7 Å². The number of aromatic nitrogens is 2. The van der Waals surface area contributed by atoms with Crippen LogP contribution in [0.4, 0.5) is 0 Å². The third-order valence-electron chi connectivity index (χ3n) is 3.96. The molecule has 1 aliphatic rings. The smallest absolute Gasteiger partial charge is 0.274 e. The van der Waals surface area contributed by atoms with E-state index in [1.807, 2.05) is 32.9 Å². The van der Waals surface area contributed by atoms with Gasteiger partial charge >= 0.3 is 0 Å². The summed E-state index contributed by atoms with van der Waals surface area (Å²) in [4.78, 5) is 23.3. The quantitative estimate of drug-likeness (QED) is 0.849. The van der Waals surface area contributed by atoms with E-state index in [-0.39, 0.29) is 28.6 Å². The molecule has 1 aliphatic heterocycles. The number of nitrogens with zero attached hydrogens (tertiary/aromatic N) is 3. The molecule has 1 amide bonds. The summed E-state index contributed by atoms with van der Waals surface area (Å²) in [7, 11) is 0. The van der Waals surface area contributed by atoms with Crippen molar-refractivity contribution in [3.8, 4) is 0 Å². The van der Waals surface area contributed by atoms with Crippen LogP contribution in [0.2, 0.25) is 5.02 Å². The van der Waals surface area contributed by atoms with E-state index >= 15 is 0 Å². The molecule has 2 aromatic heterocycles. The molecule has 1 atom stereocenters. The van der Waals surface area contributed by atoms with Gasteiger partial charge in [0.1, 0.15) is 23.4 Å². The van der Waals surface area contributed by atoms with Crippen LogP contribution in [-0.2, 0) is 4.74 Å². The first-order valence-corrected chi connectivity index (χ1v) is 8.32. The number of ether oxygens (including phenoxy) is 1. The Balaban J connectivity index is 1.93. The van der Waals surface area contributed by atoms with Crippen LogP contribution in [0.3, 0.4) is 0 Å². The highest BCUT2D eigenvalue weighted by Crippen LogP contribution is 2.28. The van der Waals surface area contributed by atoms with E-state index in [0.29, 0.717) is 31.3 Å². The lowest BCUT2D eigenvalue weighted by Crippen LogP contribution is -2.43. The summed E-state index contributed by atoms with van der Waals surface area (Å²) in [5.41, 5.74) is 0.227. The van der Waals surface area contributed by atoms with Gasteiger partial charge in [0.15, 0.2) is 5.69 Å². The normalized spacial score (nSPS) is 18.2. The first kappa shape index (κ1) is 16.9. The number of aryl methyl sites for hydroxylation is 1. The Morgan fingerprint density at radius 3 is 2.88 bits per heavy atom. The summed E-state index contributed by atoms with van der Waals surface area (Å²) in [5, 5.41) is 0.255. The second kappa shape index (κ2) is 6.91. The van der Waals surface area contributed by atoms with Crippen LogP contribution in [0.1, 0.15) is 53.6 Å². The van der Waals surface area contributed by atoms with E-state index in [4.69, 9.17) is 20.8 Å². The van der Waals surface area contributed by atoms with Crippen molar-refractivity contribution in [3.63, 3.8) is 0 Å². The van der Waals surface area contributed by atoms with Crippen LogP contribution in [-0.4, -0.2) is 40.5 Å². The fourth-order valence-electron chi connectivity index (χ4n) is 2.66. The summed E-state index contributed by atoms with van der Waals surface area (Å²) < 4.78 is 11.2. The molecule has 0 aromatic carbocycles. The minimum absolute atomic E-state index is 0.113. The molecule has 3 heterocycles. The Morgan fingerprint density at radius 2 is 2.21 bits per heavy atom. The third-order valence-corrected chi connectivity index (χ3v) is 4.24. The molecule has 0 radical (unpaired) electrons. The average molecular weight is 350 g/mol. The number of morpholine rings is 1. The molecule has 24 heavy (non-hydrogen) atoms. The number of hydrogen-bond donors (Lipinski definition) is 0. The summed E-state index contributed by atoms with van der Waals surface area (Å²) in [5.74, 6) is 1.98. The molecule has 1 fully saturated rings. The number of hydrogen-bond acceptors (Lipinski definition) is 5. The molecular weight excluding hydrogens is 330 g/mol. The van der Waals surface area contributed by atoms with E-state index in [0.717, 1.165) is 5.76 Å². The monoisotopic (exact) mass is 349 g/mol. The van der Waals surface area contributed by atoms with Gasteiger partial charge in [-0.25, -0.2) is 9.97 Å². The highest BCUT2D eigenvalue weighted by Gasteiger charge is 2.33. The number of halogens is 1. The molecule has 1 saturated heterocycles. The zero-order valence-electron chi connectivity index (χ0n) is 14.0. The Hall–Kier alpha value is -1.92. The molecule has 0 spiro atoms. The molecule has 0 N–H and O–H groups in total. The number of rotatable bonds is 3. The zero-order valence-corrected chi connectivity index (χ0v) is 14.7. The zero-order chi connectivity index (χ0) is 17.3. The van der Waals surface area contributed by atoms with E-state index in [1.165, 1.54) is 6.20 Å². The van der Waals surface area contributed by atoms with E-state index in [1.54, 1.807) is 4.90 Å². The van der Waals surface area contributed by atoms with Crippen molar-refractivity contribution in [2.24, 2.45) is 0 Å². The van der Waals surface area contributed by atoms with Gasteiger partial charge in [-0.2, -0.15) is 0 Å². The Labute approximate surface area is 145 Å². The summed E-state index contributed by atoms with van der Waals surface area (Å²) in [6.07, 6.45) is 1.49. The minimum atomic E-state index is -0.284. The molecule has 0 aliphatic carbocycles. The second-order valence-corrected chi connectivity index (χ2v) is 6.52. The average Bonchev–Trinajstić information content (AvgIpc) is 3.01. The highest BCUT2D eigenvalue weighted by atomic mass is 35.5. The molecule has 0 bridgehead atoms. The van der Waals surface area contributed by atoms with Crippen LogP contribution in [0.5, 0.6) is 0 Å². The largest absolute Gasteiger partial charge is 0.464 e. The SMILES string of the molecule is Cc1ccc(C2COCCN2C(=O)c2nc(C(C)C)ncc2Cl)o1. The highest BCUT2D eigenvalue weighted by molar-refractivity contribution is 6.33. The molecular formula is C17H20ClN3O3.